The van der Waals surface area contributed by atoms with E-state index < -0.39 is 37.0 Å². The van der Waals surface area contributed by atoms with Crippen LogP contribution < -0.4 is 19.7 Å². The monoisotopic (exact) mass is 438 g/mol. The number of urea groups is 1. The standard InChI is InChI=1S/C18H16F6N2O4/c1-29-13-7-5-11(6-8-13)25-16(28)26(10-15(27)17(19,20)21)12-3-2-4-14(9-12)30-18(22,23)24/h2-9,15,27H,10H2,1H3,(H,25,28). The molecule has 0 aromatic heterocycles. The Kier molecular flexibility index (Phi) is 7.03. The van der Waals surface area contributed by atoms with Gasteiger partial charge in [0.05, 0.1) is 13.7 Å². The van der Waals surface area contributed by atoms with E-state index in [9.17, 15) is 36.2 Å². The highest BCUT2D eigenvalue weighted by atomic mass is 19.4. The van der Waals surface area contributed by atoms with Crippen LogP contribution in [0.3, 0.4) is 0 Å². The number of ether oxygens (including phenoxy) is 2. The van der Waals surface area contributed by atoms with Gasteiger partial charge in [-0.2, -0.15) is 13.2 Å². The molecular weight excluding hydrogens is 422 g/mol. The third kappa shape index (κ3) is 6.72. The highest BCUT2D eigenvalue weighted by molar-refractivity contribution is 6.01. The van der Waals surface area contributed by atoms with Gasteiger partial charge in [0.25, 0.3) is 0 Å². The van der Waals surface area contributed by atoms with E-state index in [1.54, 1.807) is 0 Å². The average molecular weight is 438 g/mol. The molecule has 0 heterocycles. The summed E-state index contributed by atoms with van der Waals surface area (Å²) in [6, 6.07) is 8.43. The number of carbonyl (C=O) groups is 1. The molecule has 6 nitrogen and oxygen atoms in total. The van der Waals surface area contributed by atoms with E-state index in [0.717, 1.165) is 24.3 Å². The number of hydrogen-bond donors (Lipinski definition) is 2. The molecule has 1 unspecified atom stereocenters. The van der Waals surface area contributed by atoms with Crippen molar-refractivity contribution in [2.24, 2.45) is 0 Å². The van der Waals surface area contributed by atoms with E-state index in [0.29, 0.717) is 10.6 Å². The van der Waals surface area contributed by atoms with Crippen LogP contribution in [0.1, 0.15) is 0 Å². The summed E-state index contributed by atoms with van der Waals surface area (Å²) < 4.78 is 84.4. The van der Waals surface area contributed by atoms with Crippen LogP contribution in [-0.2, 0) is 0 Å². The van der Waals surface area contributed by atoms with Gasteiger partial charge in [-0.3, -0.25) is 4.90 Å². The Labute approximate surface area is 166 Å². The van der Waals surface area contributed by atoms with Gasteiger partial charge in [-0.1, -0.05) is 6.07 Å². The predicted molar refractivity (Wildman–Crippen MR) is 94.5 cm³/mol. The molecule has 0 aliphatic heterocycles. The lowest BCUT2D eigenvalue weighted by molar-refractivity contribution is -0.274. The molecule has 12 heteroatoms. The van der Waals surface area contributed by atoms with E-state index in [4.69, 9.17) is 4.74 Å². The van der Waals surface area contributed by atoms with E-state index in [2.05, 4.69) is 10.1 Å². The Morgan fingerprint density at radius 3 is 2.23 bits per heavy atom. The summed E-state index contributed by atoms with van der Waals surface area (Å²) in [4.78, 5) is 13.0. The van der Waals surface area contributed by atoms with Crippen molar-refractivity contribution in [1.82, 2.24) is 0 Å². The fourth-order valence-corrected chi connectivity index (χ4v) is 2.30. The molecule has 0 saturated carbocycles. The van der Waals surface area contributed by atoms with Gasteiger partial charge in [0, 0.05) is 17.4 Å². The smallest absolute Gasteiger partial charge is 0.497 e. The van der Waals surface area contributed by atoms with E-state index >= 15 is 0 Å². The molecule has 2 rings (SSSR count). The van der Waals surface area contributed by atoms with Crippen molar-refractivity contribution < 1.29 is 45.7 Å². The highest BCUT2D eigenvalue weighted by Crippen LogP contribution is 2.29. The van der Waals surface area contributed by atoms with Crippen molar-refractivity contribution in [3.8, 4) is 11.5 Å². The maximum atomic E-state index is 12.8. The zero-order chi connectivity index (χ0) is 22.5. The third-order valence-electron chi connectivity index (χ3n) is 3.68. The highest BCUT2D eigenvalue weighted by Gasteiger charge is 2.40. The molecule has 2 aromatic carbocycles. The molecule has 2 amide bonds. The Morgan fingerprint density at radius 2 is 1.70 bits per heavy atom. The normalized spacial score (nSPS) is 12.8. The topological polar surface area (TPSA) is 71.0 Å². The van der Waals surface area contributed by atoms with Gasteiger partial charge in [-0.15, -0.1) is 13.2 Å². The lowest BCUT2D eigenvalue weighted by atomic mass is 10.2. The third-order valence-corrected chi connectivity index (χ3v) is 3.68. The van der Waals surface area contributed by atoms with Gasteiger partial charge in [0.15, 0.2) is 6.10 Å². The number of benzene rings is 2. The minimum Gasteiger partial charge on any atom is -0.497 e. The Hall–Kier alpha value is -3.15. The maximum Gasteiger partial charge on any atom is 0.573 e. The van der Waals surface area contributed by atoms with Crippen LogP contribution in [0.2, 0.25) is 0 Å². The van der Waals surface area contributed by atoms with Crippen LogP contribution in [0.4, 0.5) is 42.5 Å². The predicted octanol–water partition coefficient (Wildman–Crippen LogP) is 4.56. The molecule has 2 aromatic rings. The van der Waals surface area contributed by atoms with Gasteiger partial charge in [-0.25, -0.2) is 4.79 Å². The molecule has 0 fully saturated rings. The summed E-state index contributed by atoms with van der Waals surface area (Å²) >= 11 is 0. The van der Waals surface area contributed by atoms with Crippen molar-refractivity contribution in [2.75, 3.05) is 23.9 Å². The van der Waals surface area contributed by atoms with Gasteiger partial charge in [-0.05, 0) is 36.4 Å². The summed E-state index contributed by atoms with van der Waals surface area (Å²) in [5.41, 5.74) is -0.180. The van der Waals surface area contributed by atoms with Crippen LogP contribution in [0.15, 0.2) is 48.5 Å². The second-order valence-corrected chi connectivity index (χ2v) is 5.87. The molecule has 0 aliphatic rings. The van der Waals surface area contributed by atoms with Crippen molar-refractivity contribution >= 4 is 17.4 Å². The van der Waals surface area contributed by atoms with E-state index in [-0.39, 0.29) is 11.4 Å². The van der Waals surface area contributed by atoms with Gasteiger partial charge in [0.1, 0.15) is 11.5 Å². The Bertz CT molecular complexity index is 855. The minimum absolute atomic E-state index is 0.176. The first-order valence-corrected chi connectivity index (χ1v) is 8.22. The number of rotatable bonds is 6. The number of anilines is 2. The Morgan fingerprint density at radius 1 is 1.07 bits per heavy atom. The largest absolute Gasteiger partial charge is 0.573 e. The number of carbonyl (C=O) groups excluding carboxylic acids is 1. The van der Waals surface area contributed by atoms with Crippen LogP contribution >= 0.6 is 0 Å². The molecule has 0 bridgehead atoms. The molecule has 0 saturated heterocycles. The molecule has 164 valence electrons. The lowest BCUT2D eigenvalue weighted by Crippen LogP contribution is -2.45. The molecule has 1 atom stereocenters. The summed E-state index contributed by atoms with van der Waals surface area (Å²) in [7, 11) is 1.41. The Balaban J connectivity index is 2.31. The quantitative estimate of drug-likeness (QED) is 0.649. The first-order chi connectivity index (χ1) is 13.9. The maximum absolute atomic E-state index is 12.8. The number of nitrogens with zero attached hydrogens (tertiary/aromatic N) is 1. The SMILES string of the molecule is COc1ccc(NC(=O)N(CC(O)C(F)(F)F)c2cccc(OC(F)(F)F)c2)cc1. The number of aliphatic hydroxyl groups is 1. The molecule has 2 N–H and O–H groups in total. The molecule has 30 heavy (non-hydrogen) atoms. The number of amides is 2. The second-order valence-electron chi connectivity index (χ2n) is 5.87. The van der Waals surface area contributed by atoms with Gasteiger partial charge >= 0.3 is 18.6 Å². The summed E-state index contributed by atoms with van der Waals surface area (Å²) in [6.45, 7) is -1.26. The number of aliphatic hydroxyl groups excluding tert-OH is 1. The fourth-order valence-electron chi connectivity index (χ4n) is 2.30. The first-order valence-electron chi connectivity index (χ1n) is 8.22. The summed E-state index contributed by atoms with van der Waals surface area (Å²) in [5, 5.41) is 11.7. The number of nitrogens with one attached hydrogen (secondary N) is 1. The van der Waals surface area contributed by atoms with Crippen LogP contribution in [0.25, 0.3) is 0 Å². The van der Waals surface area contributed by atoms with Crippen LogP contribution in [0.5, 0.6) is 11.5 Å². The van der Waals surface area contributed by atoms with Crippen molar-refractivity contribution in [1.29, 1.82) is 0 Å². The van der Waals surface area contributed by atoms with Gasteiger partial charge < -0.3 is 19.9 Å². The van der Waals surface area contributed by atoms with Crippen LogP contribution in [-0.4, -0.2) is 43.4 Å². The van der Waals surface area contributed by atoms with E-state index in [1.807, 2.05) is 0 Å². The molecule has 0 aliphatic carbocycles. The van der Waals surface area contributed by atoms with Crippen molar-refractivity contribution in [3.63, 3.8) is 0 Å². The molecule has 0 spiro atoms. The van der Waals surface area contributed by atoms with Crippen molar-refractivity contribution in [3.05, 3.63) is 48.5 Å². The fraction of sp³-hybridized carbons (Fsp3) is 0.278. The number of alkyl halides is 6. The number of halogens is 6. The number of hydrogen-bond acceptors (Lipinski definition) is 4. The molecular formula is C18H16F6N2O4. The minimum atomic E-state index is -5.06. The van der Waals surface area contributed by atoms with Crippen molar-refractivity contribution in [2.45, 2.75) is 18.6 Å². The van der Waals surface area contributed by atoms with E-state index in [1.165, 1.54) is 31.4 Å². The summed E-state index contributed by atoms with van der Waals surface area (Å²) in [6.07, 6.45) is -13.0. The molecule has 0 radical (unpaired) electrons. The zero-order valence-electron chi connectivity index (χ0n) is 15.3. The van der Waals surface area contributed by atoms with Crippen LogP contribution in [0, 0.1) is 0 Å². The number of methoxy groups -OCH3 is 1. The lowest BCUT2D eigenvalue weighted by Gasteiger charge is -2.27. The first kappa shape index (κ1) is 23.1. The average Bonchev–Trinajstić information content (AvgIpc) is 2.64. The summed E-state index contributed by atoms with van der Waals surface area (Å²) in [5.74, 6) is -0.293. The zero-order valence-corrected chi connectivity index (χ0v) is 15.3. The van der Waals surface area contributed by atoms with Gasteiger partial charge in [0.2, 0.25) is 0 Å². The second kappa shape index (κ2) is 9.11.